The highest BCUT2D eigenvalue weighted by atomic mass is 127. The fourth-order valence-corrected chi connectivity index (χ4v) is 3.09. The molecule has 1 amide bonds. The van der Waals surface area contributed by atoms with Crippen LogP contribution in [-0.4, -0.2) is 76.3 Å². The van der Waals surface area contributed by atoms with Gasteiger partial charge in [0.25, 0.3) is 5.91 Å². The normalized spacial score (nSPS) is 15.8. The molecule has 0 spiro atoms. The molecular weight excluding hydrogens is 473 g/mol. The first kappa shape index (κ1) is 24.7. The fraction of sp³-hybridized carbons (Fsp3) is 0.684. The Bertz CT molecular complexity index is 600. The number of rotatable bonds is 9. The number of hydrogen-bond donors (Lipinski definition) is 3. The van der Waals surface area contributed by atoms with Crippen LogP contribution in [0.15, 0.2) is 21.7 Å². The molecule has 2 rings (SSSR count). The van der Waals surface area contributed by atoms with Gasteiger partial charge in [-0.25, -0.2) is 0 Å². The lowest BCUT2D eigenvalue weighted by atomic mass is 10.1. The molecule has 1 saturated heterocycles. The van der Waals surface area contributed by atoms with Crippen molar-refractivity contribution in [3.8, 4) is 0 Å². The molecule has 1 aromatic heterocycles. The van der Waals surface area contributed by atoms with Crippen molar-refractivity contribution in [3.05, 3.63) is 23.7 Å². The second-order valence-corrected chi connectivity index (χ2v) is 6.79. The first-order chi connectivity index (χ1) is 13.1. The van der Waals surface area contributed by atoms with E-state index >= 15 is 0 Å². The third-order valence-electron chi connectivity index (χ3n) is 4.76. The van der Waals surface area contributed by atoms with E-state index in [1.807, 2.05) is 6.92 Å². The second kappa shape index (κ2) is 13.8. The number of aryl methyl sites for hydroxylation is 1. The van der Waals surface area contributed by atoms with Crippen LogP contribution in [0.4, 0.5) is 0 Å². The van der Waals surface area contributed by atoms with E-state index in [1.165, 1.54) is 6.26 Å². The molecule has 160 valence electrons. The van der Waals surface area contributed by atoms with Crippen LogP contribution in [0, 0.1) is 6.92 Å². The Morgan fingerprint density at radius 3 is 2.64 bits per heavy atom. The number of likely N-dealkylation sites (tertiary alicyclic amines) is 1. The van der Waals surface area contributed by atoms with Crippen LogP contribution in [0.2, 0.25) is 0 Å². The van der Waals surface area contributed by atoms with E-state index in [4.69, 9.17) is 9.15 Å². The topological polar surface area (TPSA) is 91.1 Å². The van der Waals surface area contributed by atoms with Crippen molar-refractivity contribution in [2.45, 2.75) is 32.2 Å². The molecule has 1 fully saturated rings. The van der Waals surface area contributed by atoms with Crippen LogP contribution >= 0.6 is 24.0 Å². The minimum Gasteiger partial charge on any atom is -0.459 e. The minimum atomic E-state index is -0.166. The van der Waals surface area contributed by atoms with E-state index in [0.29, 0.717) is 18.3 Å². The van der Waals surface area contributed by atoms with Crippen LogP contribution in [0.1, 0.15) is 35.4 Å². The highest BCUT2D eigenvalue weighted by Crippen LogP contribution is 2.10. The van der Waals surface area contributed by atoms with Crippen LogP contribution in [0.25, 0.3) is 0 Å². The van der Waals surface area contributed by atoms with Gasteiger partial charge in [0.1, 0.15) is 0 Å². The Hall–Kier alpha value is -1.33. The van der Waals surface area contributed by atoms with Gasteiger partial charge < -0.3 is 30.0 Å². The molecule has 8 nitrogen and oxygen atoms in total. The van der Waals surface area contributed by atoms with E-state index in [9.17, 15) is 4.79 Å². The standard InChI is InChI=1S/C19H33N5O3.HI/c1-15-7-13-27-17(15)18(25)21-8-4-9-22-19(20-2)23-16-5-10-24(11-6-16)12-14-26-3;/h7,13,16H,4-6,8-12,14H2,1-3H3,(H,21,25)(H2,20,22,23);1H. The SMILES string of the molecule is CN=C(NCCCNC(=O)c1occc1C)NC1CCN(CCOC)CC1.I. The maximum absolute atomic E-state index is 12.0. The molecule has 0 unspecified atom stereocenters. The molecule has 0 bridgehead atoms. The lowest BCUT2D eigenvalue weighted by molar-refractivity contribution is 0.0925. The van der Waals surface area contributed by atoms with Gasteiger partial charge in [-0.3, -0.25) is 9.79 Å². The zero-order chi connectivity index (χ0) is 19.5. The van der Waals surface area contributed by atoms with Crippen LogP contribution in [-0.2, 0) is 4.74 Å². The van der Waals surface area contributed by atoms with Crippen molar-refractivity contribution in [3.63, 3.8) is 0 Å². The lowest BCUT2D eigenvalue weighted by Gasteiger charge is -2.32. The largest absolute Gasteiger partial charge is 0.459 e. The zero-order valence-corrected chi connectivity index (χ0v) is 19.5. The molecule has 0 saturated carbocycles. The molecular formula is C19H34IN5O3. The average molecular weight is 507 g/mol. The monoisotopic (exact) mass is 507 g/mol. The summed E-state index contributed by atoms with van der Waals surface area (Å²) in [6, 6.07) is 2.23. The van der Waals surface area contributed by atoms with Gasteiger partial charge in [-0.2, -0.15) is 0 Å². The summed E-state index contributed by atoms with van der Waals surface area (Å²) in [6.07, 6.45) is 4.54. The Morgan fingerprint density at radius 2 is 2.04 bits per heavy atom. The summed E-state index contributed by atoms with van der Waals surface area (Å²) >= 11 is 0. The third-order valence-corrected chi connectivity index (χ3v) is 4.76. The van der Waals surface area contributed by atoms with Crippen molar-refractivity contribution >= 4 is 35.8 Å². The molecule has 1 aliphatic rings. The summed E-state index contributed by atoms with van der Waals surface area (Å²) in [5.74, 6) is 1.04. The van der Waals surface area contributed by atoms with Gasteiger partial charge in [-0.05, 0) is 32.3 Å². The third kappa shape index (κ3) is 8.36. The van der Waals surface area contributed by atoms with Crippen molar-refractivity contribution in [2.24, 2.45) is 4.99 Å². The van der Waals surface area contributed by atoms with Crippen LogP contribution < -0.4 is 16.0 Å². The number of aliphatic imine (C=N–C) groups is 1. The number of piperidine rings is 1. The van der Waals surface area contributed by atoms with Crippen molar-refractivity contribution in [2.75, 3.05) is 53.5 Å². The number of hydrogen-bond acceptors (Lipinski definition) is 5. The molecule has 2 heterocycles. The number of methoxy groups -OCH3 is 1. The first-order valence-corrected chi connectivity index (χ1v) is 9.64. The van der Waals surface area contributed by atoms with E-state index in [2.05, 4.69) is 25.8 Å². The molecule has 9 heteroatoms. The van der Waals surface area contributed by atoms with Gasteiger partial charge in [0.05, 0.1) is 12.9 Å². The zero-order valence-electron chi connectivity index (χ0n) is 17.1. The number of furan rings is 1. The first-order valence-electron chi connectivity index (χ1n) is 9.64. The van der Waals surface area contributed by atoms with E-state index in [-0.39, 0.29) is 29.9 Å². The summed E-state index contributed by atoms with van der Waals surface area (Å²) in [5, 5.41) is 9.67. The molecule has 0 aliphatic carbocycles. The van der Waals surface area contributed by atoms with Gasteiger partial charge in [-0.15, -0.1) is 24.0 Å². The summed E-state index contributed by atoms with van der Waals surface area (Å²) in [4.78, 5) is 18.7. The predicted octanol–water partition coefficient (Wildman–Crippen LogP) is 1.60. The summed E-state index contributed by atoms with van der Waals surface area (Å²) in [5.41, 5.74) is 0.850. The Labute approximate surface area is 184 Å². The van der Waals surface area contributed by atoms with Crippen molar-refractivity contribution in [1.29, 1.82) is 0 Å². The highest BCUT2D eigenvalue weighted by molar-refractivity contribution is 14.0. The lowest BCUT2D eigenvalue weighted by Crippen LogP contribution is -2.49. The van der Waals surface area contributed by atoms with Gasteiger partial charge in [0, 0.05) is 58.5 Å². The smallest absolute Gasteiger partial charge is 0.287 e. The Kier molecular flexibility index (Phi) is 12.2. The van der Waals surface area contributed by atoms with E-state index in [0.717, 1.165) is 63.6 Å². The number of amides is 1. The molecule has 0 atom stereocenters. The number of guanidine groups is 1. The maximum Gasteiger partial charge on any atom is 0.287 e. The van der Waals surface area contributed by atoms with Crippen molar-refractivity contribution < 1.29 is 13.9 Å². The number of nitrogens with one attached hydrogen (secondary N) is 3. The summed E-state index contributed by atoms with van der Waals surface area (Å²) < 4.78 is 10.3. The number of ether oxygens (including phenoxy) is 1. The fourth-order valence-electron chi connectivity index (χ4n) is 3.09. The van der Waals surface area contributed by atoms with Crippen molar-refractivity contribution in [1.82, 2.24) is 20.9 Å². The van der Waals surface area contributed by atoms with Gasteiger partial charge in [-0.1, -0.05) is 0 Å². The Balaban J connectivity index is 0.00000392. The van der Waals surface area contributed by atoms with E-state index < -0.39 is 0 Å². The summed E-state index contributed by atoms with van der Waals surface area (Å²) in [7, 11) is 3.53. The molecule has 3 N–H and O–H groups in total. The van der Waals surface area contributed by atoms with Gasteiger partial charge in [0.2, 0.25) is 0 Å². The molecule has 0 radical (unpaired) electrons. The average Bonchev–Trinajstić information content (AvgIpc) is 3.12. The molecule has 28 heavy (non-hydrogen) atoms. The minimum absolute atomic E-state index is 0. The van der Waals surface area contributed by atoms with Crippen LogP contribution in [0.3, 0.4) is 0 Å². The number of nitrogens with zero attached hydrogens (tertiary/aromatic N) is 2. The van der Waals surface area contributed by atoms with E-state index in [1.54, 1.807) is 20.2 Å². The number of carbonyl (C=O) groups excluding carboxylic acids is 1. The predicted molar refractivity (Wildman–Crippen MR) is 122 cm³/mol. The second-order valence-electron chi connectivity index (χ2n) is 6.79. The Morgan fingerprint density at radius 1 is 1.32 bits per heavy atom. The number of halogens is 1. The summed E-state index contributed by atoms with van der Waals surface area (Å²) in [6.45, 7) is 7.13. The number of carbonyl (C=O) groups is 1. The quantitative estimate of drug-likeness (QED) is 0.204. The van der Waals surface area contributed by atoms with Gasteiger partial charge >= 0.3 is 0 Å². The molecule has 0 aromatic carbocycles. The molecule has 1 aromatic rings. The van der Waals surface area contributed by atoms with Gasteiger partial charge in [0.15, 0.2) is 11.7 Å². The highest BCUT2D eigenvalue weighted by Gasteiger charge is 2.19. The maximum atomic E-state index is 12.0. The molecule has 1 aliphatic heterocycles. The van der Waals surface area contributed by atoms with Crippen LogP contribution in [0.5, 0.6) is 0 Å².